The number of carbonyl (C=O) groups excluding carboxylic acids is 1. The minimum Gasteiger partial charge on any atom is -0.396 e. The Balaban J connectivity index is 3.61. The Morgan fingerprint density at radius 1 is 1.57 bits per heavy atom. The van der Waals surface area contributed by atoms with Crippen molar-refractivity contribution < 1.29 is 9.90 Å². The first-order chi connectivity index (χ1) is 6.60. The number of aliphatic hydroxyl groups excluding tert-OH is 1. The summed E-state index contributed by atoms with van der Waals surface area (Å²) in [6, 6.07) is 0.125. The molecule has 0 saturated heterocycles. The Hall–Kier alpha value is -0.610. The van der Waals surface area contributed by atoms with Crippen molar-refractivity contribution in [2.24, 2.45) is 11.7 Å². The van der Waals surface area contributed by atoms with Crippen molar-refractivity contribution >= 4 is 5.91 Å². The summed E-state index contributed by atoms with van der Waals surface area (Å²) in [4.78, 5) is 10.6. The number of rotatable bonds is 8. The molecule has 0 aromatic heterocycles. The summed E-state index contributed by atoms with van der Waals surface area (Å²) in [5.41, 5.74) is 5.07. The number of nitrogens with one attached hydrogen (secondary N) is 1. The van der Waals surface area contributed by atoms with Gasteiger partial charge in [-0.25, -0.2) is 0 Å². The van der Waals surface area contributed by atoms with Gasteiger partial charge in [0.1, 0.15) is 0 Å². The van der Waals surface area contributed by atoms with Crippen LogP contribution in [-0.2, 0) is 4.79 Å². The van der Waals surface area contributed by atoms with Gasteiger partial charge in [0.05, 0.1) is 0 Å². The van der Waals surface area contributed by atoms with Gasteiger partial charge < -0.3 is 16.2 Å². The summed E-state index contributed by atoms with van der Waals surface area (Å²) in [6.45, 7) is 5.10. The van der Waals surface area contributed by atoms with Crippen LogP contribution in [0, 0.1) is 5.92 Å². The fraction of sp³-hybridized carbons (Fsp3) is 0.900. The van der Waals surface area contributed by atoms with Crippen LogP contribution in [0.15, 0.2) is 0 Å². The number of hydrogen-bond donors (Lipinski definition) is 3. The molecule has 14 heavy (non-hydrogen) atoms. The highest BCUT2D eigenvalue weighted by molar-refractivity contribution is 5.74. The molecule has 4 nitrogen and oxygen atoms in total. The number of aliphatic hydroxyl groups is 1. The predicted octanol–water partition coefficient (Wildman–Crippen LogP) is 0.248. The smallest absolute Gasteiger partial charge is 0.218 e. The summed E-state index contributed by atoms with van der Waals surface area (Å²) >= 11 is 0. The molecule has 0 aliphatic heterocycles. The van der Waals surface area contributed by atoms with E-state index in [9.17, 15) is 4.79 Å². The van der Waals surface area contributed by atoms with Crippen molar-refractivity contribution in [3.63, 3.8) is 0 Å². The summed E-state index contributed by atoms with van der Waals surface area (Å²) in [5, 5.41) is 12.0. The highest BCUT2D eigenvalue weighted by Crippen LogP contribution is 2.06. The Morgan fingerprint density at radius 2 is 2.21 bits per heavy atom. The molecule has 4 heteroatoms. The quantitative estimate of drug-likeness (QED) is 0.528. The van der Waals surface area contributed by atoms with E-state index in [2.05, 4.69) is 12.2 Å². The fourth-order valence-corrected chi connectivity index (χ4v) is 1.37. The van der Waals surface area contributed by atoms with Crippen LogP contribution in [0.4, 0.5) is 0 Å². The van der Waals surface area contributed by atoms with Crippen LogP contribution in [0.2, 0.25) is 0 Å². The second-order valence-corrected chi connectivity index (χ2v) is 3.77. The third-order valence-corrected chi connectivity index (χ3v) is 2.38. The monoisotopic (exact) mass is 202 g/mol. The van der Waals surface area contributed by atoms with Crippen molar-refractivity contribution in [1.29, 1.82) is 0 Å². The van der Waals surface area contributed by atoms with Crippen LogP contribution in [-0.4, -0.2) is 30.2 Å². The molecule has 0 rings (SSSR count). The van der Waals surface area contributed by atoms with Gasteiger partial charge in [-0.05, 0) is 25.8 Å². The molecule has 0 aliphatic rings. The minimum atomic E-state index is -0.278. The van der Waals surface area contributed by atoms with E-state index in [1.54, 1.807) is 0 Å². The molecular weight excluding hydrogens is 180 g/mol. The molecule has 1 amide bonds. The number of nitrogens with two attached hydrogens (primary N) is 1. The van der Waals surface area contributed by atoms with E-state index in [0.717, 1.165) is 19.4 Å². The van der Waals surface area contributed by atoms with Crippen LogP contribution in [0.25, 0.3) is 0 Å². The third-order valence-electron chi connectivity index (χ3n) is 2.38. The van der Waals surface area contributed by atoms with Crippen LogP contribution < -0.4 is 11.1 Å². The average molecular weight is 202 g/mol. The normalized spacial score (nSPS) is 15.1. The van der Waals surface area contributed by atoms with E-state index in [4.69, 9.17) is 10.8 Å². The number of carbonyl (C=O) groups is 1. The zero-order chi connectivity index (χ0) is 11.0. The van der Waals surface area contributed by atoms with Crippen LogP contribution >= 0.6 is 0 Å². The first-order valence-corrected chi connectivity index (χ1v) is 5.22. The lowest BCUT2D eigenvalue weighted by Crippen LogP contribution is -2.34. The first-order valence-electron chi connectivity index (χ1n) is 5.22. The third kappa shape index (κ3) is 6.86. The van der Waals surface area contributed by atoms with Gasteiger partial charge in [0, 0.05) is 19.1 Å². The first kappa shape index (κ1) is 13.4. The Kier molecular flexibility index (Phi) is 7.42. The summed E-state index contributed by atoms with van der Waals surface area (Å²) in [5.74, 6) is 0.204. The second kappa shape index (κ2) is 7.76. The Labute approximate surface area is 85.9 Å². The summed E-state index contributed by atoms with van der Waals surface area (Å²) in [6.07, 6.45) is 2.22. The van der Waals surface area contributed by atoms with Gasteiger partial charge in [0.25, 0.3) is 0 Å². The highest BCUT2D eigenvalue weighted by Gasteiger charge is 2.09. The fourth-order valence-electron chi connectivity index (χ4n) is 1.37. The van der Waals surface area contributed by atoms with Crippen molar-refractivity contribution in [2.75, 3.05) is 13.2 Å². The highest BCUT2D eigenvalue weighted by atomic mass is 16.3. The zero-order valence-electron chi connectivity index (χ0n) is 9.12. The standard InChI is InChI=1S/C10H22N2O2/c1-3-9(4-5-13)7-12-8(2)6-10(11)14/h8-9,12-13H,3-7H2,1-2H3,(H2,11,14). The maximum absolute atomic E-state index is 10.6. The topological polar surface area (TPSA) is 75.3 Å². The van der Waals surface area contributed by atoms with E-state index in [-0.39, 0.29) is 18.6 Å². The van der Waals surface area contributed by atoms with Crippen molar-refractivity contribution in [2.45, 2.75) is 39.2 Å². The molecule has 0 aromatic carbocycles. The van der Waals surface area contributed by atoms with Crippen LogP contribution in [0.5, 0.6) is 0 Å². The van der Waals surface area contributed by atoms with Gasteiger partial charge in [-0.3, -0.25) is 4.79 Å². The van der Waals surface area contributed by atoms with Gasteiger partial charge in [0.15, 0.2) is 0 Å². The molecule has 0 saturated carbocycles. The zero-order valence-corrected chi connectivity index (χ0v) is 9.12. The molecular formula is C10H22N2O2. The van der Waals surface area contributed by atoms with Crippen molar-refractivity contribution in [3.8, 4) is 0 Å². The van der Waals surface area contributed by atoms with Gasteiger partial charge in [-0.1, -0.05) is 13.3 Å². The largest absolute Gasteiger partial charge is 0.396 e. The van der Waals surface area contributed by atoms with Crippen LogP contribution in [0.3, 0.4) is 0 Å². The molecule has 0 spiro atoms. The van der Waals surface area contributed by atoms with E-state index in [0.29, 0.717) is 12.3 Å². The van der Waals surface area contributed by atoms with Gasteiger partial charge >= 0.3 is 0 Å². The number of amides is 1. The Bertz CT molecular complexity index is 162. The van der Waals surface area contributed by atoms with E-state index in [1.807, 2.05) is 6.92 Å². The van der Waals surface area contributed by atoms with Gasteiger partial charge in [-0.2, -0.15) is 0 Å². The molecule has 2 unspecified atom stereocenters. The summed E-state index contributed by atoms with van der Waals surface area (Å²) in [7, 11) is 0. The number of hydrogen-bond acceptors (Lipinski definition) is 3. The van der Waals surface area contributed by atoms with E-state index < -0.39 is 0 Å². The lowest BCUT2D eigenvalue weighted by Gasteiger charge is -2.18. The lowest BCUT2D eigenvalue weighted by molar-refractivity contribution is -0.118. The molecule has 84 valence electrons. The molecule has 0 aromatic rings. The van der Waals surface area contributed by atoms with Gasteiger partial charge in [0.2, 0.25) is 5.91 Å². The summed E-state index contributed by atoms with van der Waals surface area (Å²) < 4.78 is 0. The molecule has 4 N–H and O–H groups in total. The van der Waals surface area contributed by atoms with Crippen molar-refractivity contribution in [3.05, 3.63) is 0 Å². The lowest BCUT2D eigenvalue weighted by atomic mass is 10.0. The van der Waals surface area contributed by atoms with Crippen molar-refractivity contribution in [1.82, 2.24) is 5.32 Å². The minimum absolute atomic E-state index is 0.125. The number of primary amides is 1. The maximum atomic E-state index is 10.6. The average Bonchev–Trinajstić information content (AvgIpc) is 2.11. The molecule has 0 aliphatic carbocycles. The second-order valence-electron chi connectivity index (χ2n) is 3.77. The molecule has 0 fully saturated rings. The molecule has 2 atom stereocenters. The van der Waals surface area contributed by atoms with E-state index >= 15 is 0 Å². The maximum Gasteiger partial charge on any atom is 0.218 e. The van der Waals surface area contributed by atoms with Crippen LogP contribution in [0.1, 0.15) is 33.1 Å². The SMILES string of the molecule is CCC(CCO)CNC(C)CC(N)=O. The molecule has 0 bridgehead atoms. The predicted molar refractivity (Wildman–Crippen MR) is 56.8 cm³/mol. The molecule has 0 radical (unpaired) electrons. The Morgan fingerprint density at radius 3 is 2.64 bits per heavy atom. The van der Waals surface area contributed by atoms with E-state index in [1.165, 1.54) is 0 Å². The molecule has 0 heterocycles. The van der Waals surface area contributed by atoms with Gasteiger partial charge in [-0.15, -0.1) is 0 Å².